The van der Waals surface area contributed by atoms with Gasteiger partial charge in [0.25, 0.3) is 5.91 Å². The molecular formula is C17H24N2O2. The molecule has 0 radical (unpaired) electrons. The van der Waals surface area contributed by atoms with E-state index < -0.39 is 0 Å². The zero-order chi connectivity index (χ0) is 15.4. The second-order valence-corrected chi connectivity index (χ2v) is 5.80. The van der Waals surface area contributed by atoms with E-state index in [1.165, 1.54) is 5.56 Å². The molecule has 0 aliphatic carbocycles. The zero-order valence-electron chi connectivity index (χ0n) is 13.1. The van der Waals surface area contributed by atoms with Gasteiger partial charge in [-0.2, -0.15) is 0 Å². The van der Waals surface area contributed by atoms with Gasteiger partial charge in [-0.15, -0.1) is 0 Å². The number of benzene rings is 1. The van der Waals surface area contributed by atoms with E-state index in [0.717, 1.165) is 5.56 Å². The van der Waals surface area contributed by atoms with Crippen molar-refractivity contribution in [3.05, 3.63) is 35.4 Å². The molecule has 0 N–H and O–H groups in total. The van der Waals surface area contributed by atoms with Crippen LogP contribution in [0.15, 0.2) is 24.3 Å². The summed E-state index contributed by atoms with van der Waals surface area (Å²) in [6.07, 6.45) is 0.532. The van der Waals surface area contributed by atoms with Crippen LogP contribution in [0, 0.1) is 0 Å². The van der Waals surface area contributed by atoms with Gasteiger partial charge in [0.15, 0.2) is 0 Å². The summed E-state index contributed by atoms with van der Waals surface area (Å²) < 4.78 is 0. The minimum absolute atomic E-state index is 0.0638. The molecule has 0 atom stereocenters. The standard InChI is InChI=1S/C17H24N2O2/c1-4-16(20)18-9-11-19(12-10-18)17(21)15-7-5-14(6-8-15)13(2)3/h5-8,13H,4,9-12H2,1-3H3. The molecule has 0 spiro atoms. The fourth-order valence-electron chi connectivity index (χ4n) is 2.58. The Morgan fingerprint density at radius 2 is 1.52 bits per heavy atom. The molecule has 1 aromatic rings. The van der Waals surface area contributed by atoms with Crippen LogP contribution >= 0.6 is 0 Å². The van der Waals surface area contributed by atoms with Crippen LogP contribution in [0.1, 0.15) is 49.0 Å². The summed E-state index contributed by atoms with van der Waals surface area (Å²) in [7, 11) is 0. The number of piperazine rings is 1. The molecule has 21 heavy (non-hydrogen) atoms. The van der Waals surface area contributed by atoms with Crippen molar-refractivity contribution in [2.24, 2.45) is 0 Å². The lowest BCUT2D eigenvalue weighted by molar-refractivity contribution is -0.132. The third-order valence-corrected chi connectivity index (χ3v) is 4.05. The molecule has 2 rings (SSSR count). The summed E-state index contributed by atoms with van der Waals surface area (Å²) in [4.78, 5) is 27.8. The summed E-state index contributed by atoms with van der Waals surface area (Å²) in [5, 5.41) is 0. The minimum Gasteiger partial charge on any atom is -0.339 e. The van der Waals surface area contributed by atoms with E-state index in [4.69, 9.17) is 0 Å². The van der Waals surface area contributed by atoms with Crippen molar-refractivity contribution in [1.82, 2.24) is 9.80 Å². The second kappa shape index (κ2) is 6.74. The minimum atomic E-state index is 0.0638. The quantitative estimate of drug-likeness (QED) is 0.857. The highest BCUT2D eigenvalue weighted by Gasteiger charge is 2.23. The number of hydrogen-bond acceptors (Lipinski definition) is 2. The van der Waals surface area contributed by atoms with Crippen LogP contribution < -0.4 is 0 Å². The molecule has 1 fully saturated rings. The highest BCUT2D eigenvalue weighted by molar-refractivity contribution is 5.94. The third-order valence-electron chi connectivity index (χ3n) is 4.05. The van der Waals surface area contributed by atoms with Gasteiger partial charge in [-0.3, -0.25) is 9.59 Å². The molecule has 114 valence electrons. The zero-order valence-corrected chi connectivity index (χ0v) is 13.1. The molecular weight excluding hydrogens is 264 g/mol. The van der Waals surface area contributed by atoms with Gasteiger partial charge < -0.3 is 9.80 Å². The smallest absolute Gasteiger partial charge is 0.253 e. The van der Waals surface area contributed by atoms with Crippen LogP contribution in [0.25, 0.3) is 0 Å². The predicted octanol–water partition coefficient (Wildman–Crippen LogP) is 2.50. The van der Waals surface area contributed by atoms with Crippen molar-refractivity contribution in [3.63, 3.8) is 0 Å². The Hall–Kier alpha value is -1.84. The van der Waals surface area contributed by atoms with Gasteiger partial charge >= 0.3 is 0 Å². The molecule has 1 saturated heterocycles. The lowest BCUT2D eigenvalue weighted by Gasteiger charge is -2.34. The average Bonchev–Trinajstić information content (AvgIpc) is 2.53. The van der Waals surface area contributed by atoms with Gasteiger partial charge in [0.05, 0.1) is 0 Å². The molecule has 0 aromatic heterocycles. The maximum atomic E-state index is 12.4. The van der Waals surface area contributed by atoms with Gasteiger partial charge in [0.1, 0.15) is 0 Å². The van der Waals surface area contributed by atoms with Gasteiger partial charge in [-0.25, -0.2) is 0 Å². The monoisotopic (exact) mass is 288 g/mol. The first-order valence-corrected chi connectivity index (χ1v) is 7.70. The first-order valence-electron chi connectivity index (χ1n) is 7.70. The van der Waals surface area contributed by atoms with Crippen molar-refractivity contribution < 1.29 is 9.59 Å². The Kier molecular flexibility index (Phi) is 4.99. The number of rotatable bonds is 3. The fourth-order valence-corrected chi connectivity index (χ4v) is 2.58. The summed E-state index contributed by atoms with van der Waals surface area (Å²) in [5.41, 5.74) is 1.97. The van der Waals surface area contributed by atoms with Gasteiger partial charge in [-0.05, 0) is 23.6 Å². The number of nitrogens with zero attached hydrogens (tertiary/aromatic N) is 2. The molecule has 4 nitrogen and oxygen atoms in total. The van der Waals surface area contributed by atoms with E-state index in [2.05, 4.69) is 13.8 Å². The topological polar surface area (TPSA) is 40.6 Å². The van der Waals surface area contributed by atoms with Crippen molar-refractivity contribution in [3.8, 4) is 0 Å². The molecule has 1 aliphatic heterocycles. The van der Waals surface area contributed by atoms with Crippen molar-refractivity contribution in [1.29, 1.82) is 0 Å². The summed E-state index contributed by atoms with van der Waals surface area (Å²) >= 11 is 0. The van der Waals surface area contributed by atoms with Gasteiger partial charge in [0.2, 0.25) is 5.91 Å². The van der Waals surface area contributed by atoms with Crippen molar-refractivity contribution in [2.75, 3.05) is 26.2 Å². The molecule has 1 heterocycles. The molecule has 1 aromatic carbocycles. The SMILES string of the molecule is CCC(=O)N1CCN(C(=O)c2ccc(C(C)C)cc2)CC1. The highest BCUT2D eigenvalue weighted by Crippen LogP contribution is 2.16. The van der Waals surface area contributed by atoms with Gasteiger partial charge in [-0.1, -0.05) is 32.9 Å². The average molecular weight is 288 g/mol. The van der Waals surface area contributed by atoms with E-state index in [1.54, 1.807) is 0 Å². The molecule has 4 heteroatoms. The van der Waals surface area contributed by atoms with E-state index in [-0.39, 0.29) is 11.8 Å². The van der Waals surface area contributed by atoms with Crippen LogP contribution in [-0.2, 0) is 4.79 Å². The maximum Gasteiger partial charge on any atom is 0.253 e. The summed E-state index contributed by atoms with van der Waals surface area (Å²) in [6.45, 7) is 8.68. The molecule has 0 unspecified atom stereocenters. The van der Waals surface area contributed by atoms with E-state index in [0.29, 0.717) is 38.5 Å². The van der Waals surface area contributed by atoms with Crippen LogP contribution in [0.5, 0.6) is 0 Å². The second-order valence-electron chi connectivity index (χ2n) is 5.80. The highest BCUT2D eigenvalue weighted by atomic mass is 16.2. The normalized spacial score (nSPS) is 15.4. The largest absolute Gasteiger partial charge is 0.339 e. The first-order chi connectivity index (χ1) is 10.0. The van der Waals surface area contributed by atoms with Crippen LogP contribution in [0.3, 0.4) is 0 Å². The Labute approximate surface area is 126 Å². The first kappa shape index (κ1) is 15.5. The molecule has 2 amide bonds. The van der Waals surface area contributed by atoms with Crippen LogP contribution in [0.4, 0.5) is 0 Å². The molecule has 0 saturated carbocycles. The predicted molar refractivity (Wildman–Crippen MR) is 83.3 cm³/mol. The lowest BCUT2D eigenvalue weighted by atomic mass is 10.0. The van der Waals surface area contributed by atoms with E-state index >= 15 is 0 Å². The van der Waals surface area contributed by atoms with Crippen molar-refractivity contribution >= 4 is 11.8 Å². The van der Waals surface area contributed by atoms with Gasteiger partial charge in [0, 0.05) is 38.2 Å². The molecule has 0 bridgehead atoms. The molecule has 1 aliphatic rings. The Morgan fingerprint density at radius 3 is 2.00 bits per heavy atom. The number of hydrogen-bond donors (Lipinski definition) is 0. The van der Waals surface area contributed by atoms with Crippen LogP contribution in [-0.4, -0.2) is 47.8 Å². The third kappa shape index (κ3) is 3.63. The van der Waals surface area contributed by atoms with E-state index in [9.17, 15) is 9.59 Å². The Bertz CT molecular complexity index is 500. The van der Waals surface area contributed by atoms with Crippen molar-refractivity contribution in [2.45, 2.75) is 33.1 Å². The maximum absolute atomic E-state index is 12.4. The summed E-state index contributed by atoms with van der Waals surface area (Å²) in [5.74, 6) is 0.704. The van der Waals surface area contributed by atoms with Crippen LogP contribution in [0.2, 0.25) is 0 Å². The van der Waals surface area contributed by atoms with E-state index in [1.807, 2.05) is 41.0 Å². The number of carbonyl (C=O) groups excluding carboxylic acids is 2. The Balaban J connectivity index is 1.97. The fraction of sp³-hybridized carbons (Fsp3) is 0.529. The lowest BCUT2D eigenvalue weighted by Crippen LogP contribution is -2.50. The number of amides is 2. The summed E-state index contributed by atoms with van der Waals surface area (Å²) in [6, 6.07) is 7.85. The number of carbonyl (C=O) groups is 2. The Morgan fingerprint density at radius 1 is 1.00 bits per heavy atom.